The topological polar surface area (TPSA) is 46.6 Å². The zero-order chi connectivity index (χ0) is 17.8. The summed E-state index contributed by atoms with van der Waals surface area (Å²) in [5.41, 5.74) is 2.32. The average Bonchev–Trinajstić information content (AvgIpc) is 2.85. The van der Waals surface area contributed by atoms with Crippen LogP contribution in [0, 0.1) is 0 Å². The number of likely N-dealkylation sites (tertiary alicyclic amines) is 1. The number of ether oxygens (including phenoxy) is 1. The smallest absolute Gasteiger partial charge is 0.295 e. The molecule has 0 N–H and O–H groups in total. The van der Waals surface area contributed by atoms with Crippen LogP contribution in [-0.2, 0) is 16.1 Å². The second-order valence-electron chi connectivity index (χ2n) is 6.35. The number of amides is 1. The highest BCUT2D eigenvalue weighted by Gasteiger charge is 2.34. The first-order chi connectivity index (χ1) is 12.0. The molecule has 0 spiro atoms. The van der Waals surface area contributed by atoms with Gasteiger partial charge >= 0.3 is 0 Å². The number of carbonyl (C=O) groups excluding carboxylic acids is 2. The Morgan fingerprint density at radius 1 is 1.04 bits per heavy atom. The summed E-state index contributed by atoms with van der Waals surface area (Å²) in [6.07, 6.45) is 1.80. The fraction of sp³-hybridized carbons (Fsp3) is 0.238. The minimum atomic E-state index is -0.447. The van der Waals surface area contributed by atoms with Gasteiger partial charge in [-0.2, -0.15) is 0 Å². The van der Waals surface area contributed by atoms with Crippen LogP contribution in [0.4, 0.5) is 0 Å². The van der Waals surface area contributed by atoms with Crippen molar-refractivity contribution in [1.82, 2.24) is 4.90 Å². The highest BCUT2D eigenvalue weighted by atomic mass is 16.5. The van der Waals surface area contributed by atoms with Crippen LogP contribution in [0.5, 0.6) is 5.75 Å². The summed E-state index contributed by atoms with van der Waals surface area (Å²) in [4.78, 5) is 26.2. The van der Waals surface area contributed by atoms with E-state index in [1.165, 1.54) is 0 Å². The molecule has 0 saturated carbocycles. The second kappa shape index (κ2) is 7.34. The molecular formula is C21H21NO3. The van der Waals surface area contributed by atoms with E-state index < -0.39 is 11.7 Å². The Balaban J connectivity index is 1.83. The summed E-state index contributed by atoms with van der Waals surface area (Å²) in [5, 5.41) is 0. The summed E-state index contributed by atoms with van der Waals surface area (Å²) in [5.74, 6) is -0.167. The van der Waals surface area contributed by atoms with Gasteiger partial charge in [0, 0.05) is 17.7 Å². The van der Waals surface area contributed by atoms with Crippen molar-refractivity contribution in [3.63, 3.8) is 0 Å². The number of hydrogen-bond acceptors (Lipinski definition) is 3. The summed E-state index contributed by atoms with van der Waals surface area (Å²) in [7, 11) is 0. The molecule has 1 saturated heterocycles. The molecule has 1 amide bonds. The van der Waals surface area contributed by atoms with Crippen LogP contribution in [0.1, 0.15) is 25.0 Å². The number of carbonyl (C=O) groups is 2. The van der Waals surface area contributed by atoms with Crippen molar-refractivity contribution in [1.29, 1.82) is 0 Å². The van der Waals surface area contributed by atoms with Gasteiger partial charge in [-0.3, -0.25) is 9.59 Å². The molecule has 0 radical (unpaired) electrons. The Morgan fingerprint density at radius 2 is 1.72 bits per heavy atom. The molecule has 0 bridgehead atoms. The lowest BCUT2D eigenvalue weighted by molar-refractivity contribution is -0.139. The van der Waals surface area contributed by atoms with Gasteiger partial charge in [0.05, 0.1) is 12.6 Å². The number of hydrogen-bond donors (Lipinski definition) is 0. The lowest BCUT2D eigenvalue weighted by atomic mass is 10.1. The van der Waals surface area contributed by atoms with Crippen molar-refractivity contribution < 1.29 is 14.3 Å². The van der Waals surface area contributed by atoms with Crippen LogP contribution in [0.2, 0.25) is 0 Å². The van der Waals surface area contributed by atoms with Crippen LogP contribution in [0.25, 0.3) is 6.08 Å². The van der Waals surface area contributed by atoms with Gasteiger partial charge in [0.1, 0.15) is 5.75 Å². The summed E-state index contributed by atoms with van der Waals surface area (Å²) in [6.45, 7) is 4.67. The maximum atomic E-state index is 12.3. The molecule has 0 unspecified atom stereocenters. The molecule has 128 valence electrons. The molecule has 3 rings (SSSR count). The maximum absolute atomic E-state index is 12.3. The molecule has 1 heterocycles. The molecule has 1 aliphatic heterocycles. The number of ketones is 1. The summed E-state index contributed by atoms with van der Waals surface area (Å²) < 4.78 is 5.79. The van der Waals surface area contributed by atoms with Gasteiger partial charge in [0.15, 0.2) is 0 Å². The van der Waals surface area contributed by atoms with Gasteiger partial charge in [0.2, 0.25) is 5.78 Å². The first-order valence-corrected chi connectivity index (χ1v) is 8.38. The molecule has 4 heteroatoms. The van der Waals surface area contributed by atoms with Gasteiger partial charge < -0.3 is 9.64 Å². The average molecular weight is 335 g/mol. The Labute approximate surface area is 147 Å². The summed E-state index contributed by atoms with van der Waals surface area (Å²) >= 11 is 0. The number of rotatable bonds is 5. The number of benzene rings is 2. The van der Waals surface area contributed by atoms with E-state index in [0.717, 1.165) is 11.1 Å². The highest BCUT2D eigenvalue weighted by Crippen LogP contribution is 2.25. The Morgan fingerprint density at radius 3 is 2.44 bits per heavy atom. The van der Waals surface area contributed by atoms with Crippen molar-refractivity contribution in [3.05, 3.63) is 71.3 Å². The predicted octanol–water partition coefficient (Wildman–Crippen LogP) is 3.47. The molecular weight excluding hydrogens is 314 g/mol. The van der Waals surface area contributed by atoms with E-state index in [1.807, 2.05) is 68.4 Å². The van der Waals surface area contributed by atoms with E-state index >= 15 is 0 Å². The summed E-state index contributed by atoms with van der Waals surface area (Å²) in [6, 6.07) is 17.2. The molecule has 4 nitrogen and oxygen atoms in total. The molecule has 1 aliphatic rings. The Hall–Kier alpha value is -2.88. The van der Waals surface area contributed by atoms with E-state index in [1.54, 1.807) is 11.0 Å². The van der Waals surface area contributed by atoms with E-state index in [2.05, 4.69) is 0 Å². The lowest BCUT2D eigenvalue weighted by Gasteiger charge is -2.14. The van der Waals surface area contributed by atoms with Crippen LogP contribution < -0.4 is 4.74 Å². The van der Waals surface area contributed by atoms with Crippen molar-refractivity contribution >= 4 is 17.8 Å². The van der Waals surface area contributed by atoms with Crippen LogP contribution in [0.3, 0.4) is 0 Å². The minimum Gasteiger partial charge on any atom is -0.490 e. The zero-order valence-electron chi connectivity index (χ0n) is 14.4. The van der Waals surface area contributed by atoms with E-state index in [-0.39, 0.29) is 6.10 Å². The first kappa shape index (κ1) is 17.0. The number of nitrogens with zero attached hydrogens (tertiary/aromatic N) is 1. The van der Waals surface area contributed by atoms with Crippen LogP contribution in [-0.4, -0.2) is 29.2 Å². The van der Waals surface area contributed by atoms with Gasteiger partial charge in [-0.25, -0.2) is 0 Å². The second-order valence-corrected chi connectivity index (χ2v) is 6.35. The quantitative estimate of drug-likeness (QED) is 0.621. The minimum absolute atomic E-state index is 0.0371. The third kappa shape index (κ3) is 3.97. The molecule has 25 heavy (non-hydrogen) atoms. The number of para-hydroxylation sites is 1. The van der Waals surface area contributed by atoms with Crippen LogP contribution >= 0.6 is 0 Å². The highest BCUT2D eigenvalue weighted by molar-refractivity contribution is 6.45. The fourth-order valence-electron chi connectivity index (χ4n) is 2.82. The molecule has 0 atom stereocenters. The Kier molecular flexibility index (Phi) is 4.98. The molecule has 2 aromatic rings. The number of Topliss-reactive ketones (excluding diaryl/α,β-unsaturated/α-hetero) is 1. The lowest BCUT2D eigenvalue weighted by Crippen LogP contribution is -2.26. The first-order valence-electron chi connectivity index (χ1n) is 8.38. The van der Waals surface area contributed by atoms with E-state index in [9.17, 15) is 9.59 Å². The van der Waals surface area contributed by atoms with Gasteiger partial charge in [-0.05, 0) is 31.6 Å². The van der Waals surface area contributed by atoms with E-state index in [4.69, 9.17) is 4.74 Å². The van der Waals surface area contributed by atoms with Crippen molar-refractivity contribution in [3.8, 4) is 5.75 Å². The Bertz CT molecular complexity index is 809. The van der Waals surface area contributed by atoms with Crippen molar-refractivity contribution in [2.45, 2.75) is 26.5 Å². The fourth-order valence-corrected chi connectivity index (χ4v) is 2.82. The van der Waals surface area contributed by atoms with Gasteiger partial charge in [-0.15, -0.1) is 0 Å². The molecule has 0 aliphatic carbocycles. The largest absolute Gasteiger partial charge is 0.490 e. The third-order valence-electron chi connectivity index (χ3n) is 3.96. The zero-order valence-corrected chi connectivity index (χ0v) is 14.4. The SMILES string of the molecule is CC(C)Oc1ccccc1/C=C1\CN(Cc2ccccc2)C(=O)C1=O. The van der Waals surface area contributed by atoms with Crippen molar-refractivity contribution in [2.24, 2.45) is 0 Å². The maximum Gasteiger partial charge on any atom is 0.295 e. The standard InChI is InChI=1S/C21H21NO3/c1-15(2)25-19-11-7-6-10-17(19)12-18-14-22(21(24)20(18)23)13-16-8-4-3-5-9-16/h3-12,15H,13-14H2,1-2H3/b18-12+. The van der Waals surface area contributed by atoms with Crippen molar-refractivity contribution in [2.75, 3.05) is 6.54 Å². The molecule has 0 aromatic heterocycles. The third-order valence-corrected chi connectivity index (χ3v) is 3.96. The molecule has 1 fully saturated rings. The van der Waals surface area contributed by atoms with Crippen LogP contribution in [0.15, 0.2) is 60.2 Å². The van der Waals surface area contributed by atoms with Gasteiger partial charge in [0.25, 0.3) is 5.91 Å². The van der Waals surface area contributed by atoms with Gasteiger partial charge in [-0.1, -0.05) is 48.5 Å². The monoisotopic (exact) mass is 335 g/mol. The van der Waals surface area contributed by atoms with E-state index in [0.29, 0.717) is 24.4 Å². The normalized spacial score (nSPS) is 16.1. The predicted molar refractivity (Wildman–Crippen MR) is 97.0 cm³/mol. The molecule has 2 aromatic carbocycles.